The van der Waals surface area contributed by atoms with Crippen molar-refractivity contribution in [2.24, 2.45) is 0 Å². The van der Waals surface area contributed by atoms with Gasteiger partial charge in [-0.2, -0.15) is 0 Å². The van der Waals surface area contributed by atoms with Crippen LogP contribution in [-0.4, -0.2) is 36.1 Å². The summed E-state index contributed by atoms with van der Waals surface area (Å²) < 4.78 is 0. The fraction of sp³-hybridized carbons (Fsp3) is 0.545. The van der Waals surface area contributed by atoms with Crippen LogP contribution in [-0.2, 0) is 0 Å². The molecule has 3 nitrogen and oxygen atoms in total. The molecule has 0 spiro atoms. The zero-order valence-corrected chi connectivity index (χ0v) is 10.1. The van der Waals surface area contributed by atoms with Gasteiger partial charge in [0.1, 0.15) is 11.0 Å². The molecule has 4 heteroatoms. The Morgan fingerprint density at radius 3 is 2.67 bits per heavy atom. The number of pyridine rings is 1. The number of aromatic nitrogens is 1. The Kier molecular flexibility index (Phi) is 5.43. The number of hydrogen-bond acceptors (Lipinski definition) is 3. The van der Waals surface area contributed by atoms with E-state index in [9.17, 15) is 0 Å². The van der Waals surface area contributed by atoms with Crippen LogP contribution in [0.2, 0.25) is 5.15 Å². The molecule has 15 heavy (non-hydrogen) atoms. The van der Waals surface area contributed by atoms with Gasteiger partial charge in [-0.05, 0) is 25.2 Å². The van der Waals surface area contributed by atoms with E-state index in [1.54, 1.807) is 6.07 Å². The molecule has 1 aromatic heterocycles. The minimum atomic E-state index is 0.530. The lowest BCUT2D eigenvalue weighted by Gasteiger charge is -2.18. The second kappa shape index (κ2) is 6.64. The van der Waals surface area contributed by atoms with Gasteiger partial charge in [0, 0.05) is 13.1 Å². The van der Waals surface area contributed by atoms with Crippen LogP contribution in [0.3, 0.4) is 0 Å². The first-order valence-electron chi connectivity index (χ1n) is 5.35. The Labute approximate surface area is 96.5 Å². The molecule has 0 bridgehead atoms. The molecule has 0 unspecified atom stereocenters. The third kappa shape index (κ3) is 4.49. The summed E-state index contributed by atoms with van der Waals surface area (Å²) in [7, 11) is 0. The molecule has 1 N–H and O–H groups in total. The van der Waals surface area contributed by atoms with E-state index in [0.717, 1.165) is 32.0 Å². The van der Waals surface area contributed by atoms with Gasteiger partial charge in [-0.1, -0.05) is 31.5 Å². The summed E-state index contributed by atoms with van der Waals surface area (Å²) in [6.45, 7) is 8.43. The lowest BCUT2D eigenvalue weighted by molar-refractivity contribution is 0.316. The highest BCUT2D eigenvalue weighted by molar-refractivity contribution is 6.29. The first-order chi connectivity index (χ1) is 7.26. The van der Waals surface area contributed by atoms with Crippen LogP contribution in [0.4, 0.5) is 5.82 Å². The summed E-state index contributed by atoms with van der Waals surface area (Å²) in [5, 5.41) is 3.78. The minimum Gasteiger partial charge on any atom is -0.369 e. The van der Waals surface area contributed by atoms with Crippen LogP contribution in [0.25, 0.3) is 0 Å². The first-order valence-corrected chi connectivity index (χ1v) is 5.72. The summed E-state index contributed by atoms with van der Waals surface area (Å²) in [6, 6.07) is 5.60. The van der Waals surface area contributed by atoms with Gasteiger partial charge in [0.05, 0.1) is 0 Å². The van der Waals surface area contributed by atoms with E-state index in [1.807, 2.05) is 12.1 Å². The van der Waals surface area contributed by atoms with Crippen molar-refractivity contribution in [1.29, 1.82) is 0 Å². The number of anilines is 1. The fourth-order valence-corrected chi connectivity index (χ4v) is 1.55. The SMILES string of the molecule is CCN(CC)CCNc1cccc(Cl)n1. The zero-order chi connectivity index (χ0) is 11.1. The molecule has 0 amide bonds. The number of hydrogen-bond donors (Lipinski definition) is 1. The molecule has 1 aromatic rings. The first kappa shape index (κ1) is 12.3. The molecule has 0 radical (unpaired) electrons. The molecule has 0 fully saturated rings. The van der Waals surface area contributed by atoms with E-state index >= 15 is 0 Å². The molecule has 0 atom stereocenters. The lowest BCUT2D eigenvalue weighted by atomic mass is 10.4. The van der Waals surface area contributed by atoms with E-state index in [2.05, 4.69) is 29.0 Å². The van der Waals surface area contributed by atoms with Crippen LogP contribution in [0.15, 0.2) is 18.2 Å². The molecule has 1 rings (SSSR count). The summed E-state index contributed by atoms with van der Waals surface area (Å²) in [6.07, 6.45) is 0. The highest BCUT2D eigenvalue weighted by Gasteiger charge is 1.98. The van der Waals surface area contributed by atoms with Gasteiger partial charge in [-0.15, -0.1) is 0 Å². The highest BCUT2D eigenvalue weighted by Crippen LogP contribution is 2.08. The summed E-state index contributed by atoms with van der Waals surface area (Å²) in [5.74, 6) is 0.842. The van der Waals surface area contributed by atoms with Gasteiger partial charge in [-0.25, -0.2) is 4.98 Å². The standard InChI is InChI=1S/C11H18ClN3/c1-3-15(4-2)9-8-13-11-7-5-6-10(12)14-11/h5-7H,3-4,8-9H2,1-2H3,(H,13,14). The van der Waals surface area contributed by atoms with E-state index in [1.165, 1.54) is 0 Å². The number of likely N-dealkylation sites (N-methyl/N-ethyl adjacent to an activating group) is 1. The van der Waals surface area contributed by atoms with Gasteiger partial charge < -0.3 is 10.2 Å². The molecule has 1 heterocycles. The summed E-state index contributed by atoms with van der Waals surface area (Å²) in [4.78, 5) is 6.52. The Morgan fingerprint density at radius 1 is 1.33 bits per heavy atom. The number of rotatable bonds is 6. The average Bonchev–Trinajstić information content (AvgIpc) is 2.25. The normalized spacial score (nSPS) is 10.7. The van der Waals surface area contributed by atoms with Gasteiger partial charge >= 0.3 is 0 Å². The topological polar surface area (TPSA) is 28.2 Å². The van der Waals surface area contributed by atoms with Gasteiger partial charge in [0.25, 0.3) is 0 Å². The van der Waals surface area contributed by atoms with Crippen molar-refractivity contribution in [1.82, 2.24) is 9.88 Å². The maximum Gasteiger partial charge on any atom is 0.131 e. The predicted molar refractivity (Wildman–Crippen MR) is 65.5 cm³/mol. The Hall–Kier alpha value is -0.800. The minimum absolute atomic E-state index is 0.530. The Balaban J connectivity index is 2.31. The second-order valence-electron chi connectivity index (χ2n) is 3.30. The largest absolute Gasteiger partial charge is 0.369 e. The lowest BCUT2D eigenvalue weighted by Crippen LogP contribution is -2.28. The van der Waals surface area contributed by atoms with Crippen molar-refractivity contribution < 1.29 is 0 Å². The molecule has 0 aliphatic carbocycles. The highest BCUT2D eigenvalue weighted by atomic mass is 35.5. The number of nitrogens with zero attached hydrogens (tertiary/aromatic N) is 2. The van der Waals surface area contributed by atoms with Crippen LogP contribution >= 0.6 is 11.6 Å². The van der Waals surface area contributed by atoms with Crippen LogP contribution in [0.1, 0.15) is 13.8 Å². The van der Waals surface area contributed by atoms with Crippen LogP contribution < -0.4 is 5.32 Å². The van der Waals surface area contributed by atoms with Crippen molar-refractivity contribution >= 4 is 17.4 Å². The Bertz CT molecular complexity index is 287. The quantitative estimate of drug-likeness (QED) is 0.757. The van der Waals surface area contributed by atoms with Crippen molar-refractivity contribution in [3.05, 3.63) is 23.4 Å². The van der Waals surface area contributed by atoms with Crippen molar-refractivity contribution in [3.8, 4) is 0 Å². The van der Waals surface area contributed by atoms with E-state index in [4.69, 9.17) is 11.6 Å². The third-order valence-corrected chi connectivity index (χ3v) is 2.55. The maximum absolute atomic E-state index is 5.78. The predicted octanol–water partition coefficient (Wildman–Crippen LogP) is 2.49. The fourth-order valence-electron chi connectivity index (χ4n) is 1.39. The smallest absolute Gasteiger partial charge is 0.131 e. The van der Waals surface area contributed by atoms with Crippen LogP contribution in [0, 0.1) is 0 Å². The molecule has 0 saturated carbocycles. The molecule has 0 aliphatic rings. The van der Waals surface area contributed by atoms with Crippen molar-refractivity contribution in [2.45, 2.75) is 13.8 Å². The van der Waals surface area contributed by atoms with Gasteiger partial charge in [0.2, 0.25) is 0 Å². The van der Waals surface area contributed by atoms with Gasteiger partial charge in [-0.3, -0.25) is 0 Å². The molecular weight excluding hydrogens is 210 g/mol. The van der Waals surface area contributed by atoms with Crippen molar-refractivity contribution in [3.63, 3.8) is 0 Å². The van der Waals surface area contributed by atoms with Crippen molar-refractivity contribution in [2.75, 3.05) is 31.5 Å². The monoisotopic (exact) mass is 227 g/mol. The number of nitrogens with one attached hydrogen (secondary N) is 1. The summed E-state index contributed by atoms with van der Waals surface area (Å²) >= 11 is 5.78. The molecule has 0 saturated heterocycles. The molecule has 0 aromatic carbocycles. The number of halogens is 1. The third-order valence-electron chi connectivity index (χ3n) is 2.34. The maximum atomic E-state index is 5.78. The van der Waals surface area contributed by atoms with E-state index in [-0.39, 0.29) is 0 Å². The molecule has 84 valence electrons. The van der Waals surface area contributed by atoms with Crippen LogP contribution in [0.5, 0.6) is 0 Å². The molecular formula is C11H18ClN3. The average molecular weight is 228 g/mol. The Morgan fingerprint density at radius 2 is 2.07 bits per heavy atom. The second-order valence-corrected chi connectivity index (χ2v) is 3.69. The summed E-state index contributed by atoms with van der Waals surface area (Å²) in [5.41, 5.74) is 0. The molecule has 0 aliphatic heterocycles. The van der Waals surface area contributed by atoms with Gasteiger partial charge in [0.15, 0.2) is 0 Å². The van der Waals surface area contributed by atoms with E-state index < -0.39 is 0 Å². The zero-order valence-electron chi connectivity index (χ0n) is 9.33. The van der Waals surface area contributed by atoms with E-state index in [0.29, 0.717) is 5.15 Å².